The van der Waals surface area contributed by atoms with Gasteiger partial charge in [-0.1, -0.05) is 12.8 Å². The van der Waals surface area contributed by atoms with Crippen LogP contribution in [-0.2, 0) is 0 Å². The largest absolute Gasteiger partial charge is 0.396 e. The van der Waals surface area contributed by atoms with Gasteiger partial charge in [0.2, 0.25) is 0 Å². The lowest BCUT2D eigenvalue weighted by atomic mass is 10.2. The van der Waals surface area contributed by atoms with E-state index in [2.05, 4.69) is 10.2 Å². The van der Waals surface area contributed by atoms with Crippen molar-refractivity contribution in [3.63, 3.8) is 0 Å². The Morgan fingerprint density at radius 3 is 2.53 bits per heavy atom. The van der Waals surface area contributed by atoms with Crippen LogP contribution in [0.15, 0.2) is 6.20 Å². The molecule has 2 heterocycles. The normalized spacial score (nSPS) is 17.5. The van der Waals surface area contributed by atoms with E-state index in [9.17, 15) is 4.79 Å². The fourth-order valence-corrected chi connectivity index (χ4v) is 1.90. The smallest absolute Gasteiger partial charge is 0.274 e. The number of nitrogens with two attached hydrogens (primary N) is 1. The molecule has 1 amide bonds. The van der Waals surface area contributed by atoms with Crippen LogP contribution in [0.2, 0.25) is 0 Å². The number of rotatable bonds is 1. The molecule has 0 saturated carbocycles. The Bertz CT molecular complexity index is 339. The zero-order valence-corrected chi connectivity index (χ0v) is 8.70. The molecule has 1 saturated heterocycles. The average Bonchev–Trinajstić information content (AvgIpc) is 2.53. The van der Waals surface area contributed by atoms with Crippen LogP contribution in [0, 0.1) is 0 Å². The van der Waals surface area contributed by atoms with Crippen molar-refractivity contribution in [2.45, 2.75) is 25.7 Å². The van der Waals surface area contributed by atoms with Gasteiger partial charge in [-0.15, -0.1) is 0 Å². The average molecular weight is 208 g/mol. The maximum atomic E-state index is 12.0. The number of nitrogen functional groups attached to an aromatic ring is 1. The van der Waals surface area contributed by atoms with Gasteiger partial charge in [-0.05, 0) is 12.8 Å². The lowest BCUT2D eigenvalue weighted by molar-refractivity contribution is 0.0757. The highest BCUT2D eigenvalue weighted by molar-refractivity contribution is 5.96. The molecule has 5 nitrogen and oxygen atoms in total. The Balaban J connectivity index is 2.09. The molecule has 2 rings (SSSR count). The summed E-state index contributed by atoms with van der Waals surface area (Å²) < 4.78 is 0. The lowest BCUT2D eigenvalue weighted by Gasteiger charge is -2.19. The van der Waals surface area contributed by atoms with Gasteiger partial charge in [0.15, 0.2) is 0 Å². The molecule has 1 aromatic heterocycles. The Morgan fingerprint density at radius 2 is 2.00 bits per heavy atom. The molecule has 1 aliphatic heterocycles. The Kier molecular flexibility index (Phi) is 2.89. The monoisotopic (exact) mass is 208 g/mol. The van der Waals surface area contributed by atoms with Gasteiger partial charge in [0, 0.05) is 13.1 Å². The Labute approximate surface area is 88.6 Å². The summed E-state index contributed by atoms with van der Waals surface area (Å²) in [6.07, 6.45) is 6.06. The van der Waals surface area contributed by atoms with E-state index in [1.807, 2.05) is 4.90 Å². The maximum absolute atomic E-state index is 12.0. The number of aromatic nitrogens is 2. The van der Waals surface area contributed by atoms with Crippen molar-refractivity contribution >= 4 is 11.6 Å². The van der Waals surface area contributed by atoms with E-state index in [1.165, 1.54) is 19.0 Å². The fraction of sp³-hybridized carbons (Fsp3) is 0.600. The molecule has 0 atom stereocenters. The predicted molar refractivity (Wildman–Crippen MR) is 57.4 cm³/mol. The summed E-state index contributed by atoms with van der Waals surface area (Å²) in [4.78, 5) is 13.9. The third kappa shape index (κ3) is 2.11. The van der Waals surface area contributed by atoms with Crippen molar-refractivity contribution < 1.29 is 4.79 Å². The second-order valence-corrected chi connectivity index (χ2v) is 3.91. The lowest BCUT2D eigenvalue weighted by Crippen LogP contribution is -2.32. The van der Waals surface area contributed by atoms with Crippen molar-refractivity contribution in [1.82, 2.24) is 15.1 Å². The van der Waals surface area contributed by atoms with Gasteiger partial charge >= 0.3 is 0 Å². The summed E-state index contributed by atoms with van der Waals surface area (Å²) >= 11 is 0. The fourth-order valence-electron chi connectivity index (χ4n) is 1.90. The summed E-state index contributed by atoms with van der Waals surface area (Å²) in [5.41, 5.74) is 6.51. The minimum absolute atomic E-state index is 0.0214. The van der Waals surface area contributed by atoms with E-state index in [4.69, 9.17) is 5.73 Å². The molecule has 3 N–H and O–H groups in total. The summed E-state index contributed by atoms with van der Waals surface area (Å²) in [6, 6.07) is 0. The number of anilines is 1. The molecular weight excluding hydrogens is 192 g/mol. The highest BCUT2D eigenvalue weighted by atomic mass is 16.2. The van der Waals surface area contributed by atoms with Gasteiger partial charge in [-0.25, -0.2) is 0 Å². The number of hydrogen-bond donors (Lipinski definition) is 2. The maximum Gasteiger partial charge on any atom is 0.274 e. The van der Waals surface area contributed by atoms with E-state index >= 15 is 0 Å². The summed E-state index contributed by atoms with van der Waals surface area (Å²) in [6.45, 7) is 1.66. The highest BCUT2D eigenvalue weighted by Crippen LogP contribution is 2.15. The molecule has 1 aliphatic rings. The van der Waals surface area contributed by atoms with E-state index < -0.39 is 0 Å². The highest BCUT2D eigenvalue weighted by Gasteiger charge is 2.20. The third-order valence-electron chi connectivity index (χ3n) is 2.78. The molecule has 0 bridgehead atoms. The van der Waals surface area contributed by atoms with Crippen molar-refractivity contribution in [2.24, 2.45) is 0 Å². The molecule has 15 heavy (non-hydrogen) atoms. The first-order valence-electron chi connectivity index (χ1n) is 5.37. The van der Waals surface area contributed by atoms with Crippen LogP contribution in [0.5, 0.6) is 0 Å². The number of nitrogens with one attached hydrogen (secondary N) is 1. The van der Waals surface area contributed by atoms with Crippen LogP contribution in [0.25, 0.3) is 0 Å². The minimum atomic E-state index is -0.0214. The van der Waals surface area contributed by atoms with Crippen molar-refractivity contribution in [3.8, 4) is 0 Å². The van der Waals surface area contributed by atoms with E-state index in [-0.39, 0.29) is 5.91 Å². The number of amides is 1. The van der Waals surface area contributed by atoms with Gasteiger partial charge < -0.3 is 10.6 Å². The predicted octanol–water partition coefficient (Wildman–Crippen LogP) is 1.01. The number of aromatic amines is 1. The molecule has 0 aliphatic carbocycles. The molecular formula is C10H16N4O. The number of likely N-dealkylation sites (tertiary alicyclic amines) is 1. The first kappa shape index (κ1) is 10.0. The zero-order chi connectivity index (χ0) is 10.7. The van der Waals surface area contributed by atoms with E-state index in [0.717, 1.165) is 25.9 Å². The van der Waals surface area contributed by atoms with Crippen LogP contribution in [0.1, 0.15) is 36.2 Å². The second kappa shape index (κ2) is 4.33. The minimum Gasteiger partial charge on any atom is -0.396 e. The van der Waals surface area contributed by atoms with Crippen LogP contribution < -0.4 is 5.73 Å². The number of carbonyl (C=O) groups excluding carboxylic acids is 1. The summed E-state index contributed by atoms with van der Waals surface area (Å²) in [7, 11) is 0. The van der Waals surface area contributed by atoms with Gasteiger partial charge in [0.25, 0.3) is 5.91 Å². The number of nitrogens with zero attached hydrogens (tertiary/aromatic N) is 2. The number of H-pyrrole nitrogens is 1. The first-order valence-corrected chi connectivity index (χ1v) is 5.37. The molecule has 0 spiro atoms. The Hall–Kier alpha value is -1.52. The van der Waals surface area contributed by atoms with Crippen LogP contribution in [0.3, 0.4) is 0 Å². The van der Waals surface area contributed by atoms with Gasteiger partial charge in [-0.2, -0.15) is 5.10 Å². The molecule has 1 fully saturated rings. The first-order chi connectivity index (χ1) is 7.29. The number of hydrogen-bond acceptors (Lipinski definition) is 3. The molecule has 0 radical (unpaired) electrons. The second-order valence-electron chi connectivity index (χ2n) is 3.91. The van der Waals surface area contributed by atoms with Crippen LogP contribution >= 0.6 is 0 Å². The molecule has 1 aromatic rings. The Morgan fingerprint density at radius 1 is 1.33 bits per heavy atom. The van der Waals surface area contributed by atoms with Gasteiger partial charge in [-0.3, -0.25) is 9.89 Å². The molecule has 82 valence electrons. The zero-order valence-electron chi connectivity index (χ0n) is 8.70. The van der Waals surface area contributed by atoms with E-state index in [1.54, 1.807) is 0 Å². The van der Waals surface area contributed by atoms with Crippen LogP contribution in [0.4, 0.5) is 5.69 Å². The molecule has 0 aromatic carbocycles. The van der Waals surface area contributed by atoms with Crippen molar-refractivity contribution in [1.29, 1.82) is 0 Å². The van der Waals surface area contributed by atoms with Gasteiger partial charge in [0.1, 0.15) is 5.69 Å². The summed E-state index contributed by atoms with van der Waals surface area (Å²) in [5.74, 6) is -0.0214. The SMILES string of the molecule is Nc1cn[nH]c1C(=O)N1CCCCCC1. The molecule has 5 heteroatoms. The van der Waals surface area contributed by atoms with E-state index in [0.29, 0.717) is 11.4 Å². The summed E-state index contributed by atoms with van der Waals surface area (Å²) in [5, 5.41) is 6.42. The topological polar surface area (TPSA) is 75.0 Å². The quantitative estimate of drug-likeness (QED) is 0.723. The van der Waals surface area contributed by atoms with Crippen molar-refractivity contribution in [3.05, 3.63) is 11.9 Å². The van der Waals surface area contributed by atoms with Crippen molar-refractivity contribution in [2.75, 3.05) is 18.8 Å². The van der Waals surface area contributed by atoms with Crippen LogP contribution in [-0.4, -0.2) is 34.1 Å². The standard InChI is InChI=1S/C10H16N4O/c11-8-7-12-13-9(8)10(15)14-5-3-1-2-4-6-14/h7H,1-6,11H2,(H,12,13). The van der Waals surface area contributed by atoms with Gasteiger partial charge in [0.05, 0.1) is 11.9 Å². The third-order valence-corrected chi connectivity index (χ3v) is 2.78. The molecule has 0 unspecified atom stereocenters. The number of carbonyl (C=O) groups is 1.